The Morgan fingerprint density at radius 3 is 2.69 bits per heavy atom. The Morgan fingerprint density at radius 1 is 1.15 bits per heavy atom. The lowest BCUT2D eigenvalue weighted by atomic mass is 10.2. The molecular weight excluding hydrogens is 432 g/mol. The van der Waals surface area contributed by atoms with Crippen molar-refractivity contribution in [2.24, 2.45) is 0 Å². The van der Waals surface area contributed by atoms with Crippen LogP contribution in [0.3, 0.4) is 0 Å². The third-order valence-electron chi connectivity index (χ3n) is 4.78. The van der Waals surface area contributed by atoms with Gasteiger partial charge in [0.1, 0.15) is 5.01 Å². The SMILES string of the molecule is O=S(=O)(CCN1CCC[C@H]1c1nc2ccccc2s1)c1ccc(Br)cc1. The molecular formula is C19H19BrN2O2S2. The molecule has 0 radical (unpaired) electrons. The van der Waals surface area contributed by atoms with Gasteiger partial charge < -0.3 is 0 Å². The summed E-state index contributed by atoms with van der Waals surface area (Å²) < 4.78 is 27.3. The summed E-state index contributed by atoms with van der Waals surface area (Å²) >= 11 is 5.07. The Morgan fingerprint density at radius 2 is 1.92 bits per heavy atom. The molecule has 1 saturated heterocycles. The first-order valence-electron chi connectivity index (χ1n) is 8.61. The molecule has 1 aliphatic rings. The van der Waals surface area contributed by atoms with E-state index in [1.54, 1.807) is 35.6 Å². The molecule has 0 unspecified atom stereocenters. The average Bonchev–Trinajstić information content (AvgIpc) is 3.26. The maximum Gasteiger partial charge on any atom is 0.179 e. The van der Waals surface area contributed by atoms with Gasteiger partial charge in [0, 0.05) is 11.0 Å². The molecule has 0 N–H and O–H groups in total. The lowest BCUT2D eigenvalue weighted by Crippen LogP contribution is -2.29. The van der Waals surface area contributed by atoms with E-state index in [4.69, 9.17) is 4.98 Å². The molecule has 3 aromatic rings. The van der Waals surface area contributed by atoms with Crippen LogP contribution in [0.5, 0.6) is 0 Å². The third-order valence-corrected chi connectivity index (χ3v) is 8.16. The summed E-state index contributed by atoms with van der Waals surface area (Å²) in [6, 6.07) is 15.3. The molecule has 1 aliphatic heterocycles. The first-order chi connectivity index (χ1) is 12.5. The molecule has 0 amide bonds. The first kappa shape index (κ1) is 18.1. The first-order valence-corrected chi connectivity index (χ1v) is 11.9. The zero-order valence-corrected chi connectivity index (χ0v) is 17.4. The monoisotopic (exact) mass is 450 g/mol. The Bertz CT molecular complexity index is 982. The standard InChI is InChI=1S/C19H19BrN2O2S2/c20-14-7-9-15(10-8-14)26(23,24)13-12-22-11-3-5-17(22)19-21-16-4-1-2-6-18(16)25-19/h1-2,4,6-10,17H,3,5,11-13H2/t17-/m0/s1. The van der Waals surface area contributed by atoms with Crippen LogP contribution >= 0.6 is 27.3 Å². The van der Waals surface area contributed by atoms with Gasteiger partial charge in [-0.15, -0.1) is 11.3 Å². The molecule has 136 valence electrons. The number of sulfone groups is 1. The second-order valence-corrected chi connectivity index (χ2v) is 10.6. The summed E-state index contributed by atoms with van der Waals surface area (Å²) in [6.45, 7) is 1.47. The fourth-order valence-corrected chi connectivity index (χ4v) is 6.07. The summed E-state index contributed by atoms with van der Waals surface area (Å²) in [4.78, 5) is 7.44. The molecule has 4 rings (SSSR count). The Labute approximate surface area is 165 Å². The molecule has 0 aliphatic carbocycles. The van der Waals surface area contributed by atoms with Crippen molar-refractivity contribution in [2.75, 3.05) is 18.8 Å². The predicted octanol–water partition coefficient (Wildman–Crippen LogP) is 4.67. The van der Waals surface area contributed by atoms with Crippen LogP contribution in [0.1, 0.15) is 23.9 Å². The highest BCUT2D eigenvalue weighted by atomic mass is 79.9. The van der Waals surface area contributed by atoms with Gasteiger partial charge in [0.25, 0.3) is 0 Å². The van der Waals surface area contributed by atoms with Crippen molar-refractivity contribution in [1.82, 2.24) is 9.88 Å². The number of halogens is 1. The molecule has 2 aromatic carbocycles. The van der Waals surface area contributed by atoms with E-state index < -0.39 is 9.84 Å². The lowest BCUT2D eigenvalue weighted by Gasteiger charge is -2.22. The van der Waals surface area contributed by atoms with Gasteiger partial charge in [-0.2, -0.15) is 0 Å². The fourth-order valence-electron chi connectivity index (χ4n) is 3.40. The highest BCUT2D eigenvalue weighted by Gasteiger charge is 2.29. The van der Waals surface area contributed by atoms with E-state index >= 15 is 0 Å². The molecule has 2 heterocycles. The second-order valence-electron chi connectivity index (χ2n) is 6.49. The Hall–Kier alpha value is -1.28. The number of likely N-dealkylation sites (tertiary alicyclic amines) is 1. The van der Waals surface area contributed by atoms with E-state index in [-0.39, 0.29) is 11.8 Å². The number of hydrogen-bond acceptors (Lipinski definition) is 5. The highest BCUT2D eigenvalue weighted by Crippen LogP contribution is 2.36. The van der Waals surface area contributed by atoms with E-state index in [0.29, 0.717) is 11.4 Å². The van der Waals surface area contributed by atoms with Crippen molar-refractivity contribution in [3.8, 4) is 0 Å². The smallest absolute Gasteiger partial charge is 0.179 e. The van der Waals surface area contributed by atoms with Crippen LogP contribution in [-0.4, -0.2) is 37.1 Å². The highest BCUT2D eigenvalue weighted by molar-refractivity contribution is 9.10. The maximum absolute atomic E-state index is 12.6. The minimum absolute atomic E-state index is 0.135. The van der Waals surface area contributed by atoms with Crippen LogP contribution in [0.4, 0.5) is 0 Å². The van der Waals surface area contributed by atoms with E-state index in [1.165, 1.54) is 4.70 Å². The van der Waals surface area contributed by atoms with Gasteiger partial charge in [0.2, 0.25) is 0 Å². The van der Waals surface area contributed by atoms with E-state index in [9.17, 15) is 8.42 Å². The third kappa shape index (κ3) is 3.71. The van der Waals surface area contributed by atoms with Crippen molar-refractivity contribution >= 4 is 47.3 Å². The normalized spacial score (nSPS) is 18.6. The lowest BCUT2D eigenvalue weighted by molar-refractivity contribution is 0.272. The largest absolute Gasteiger partial charge is 0.293 e. The van der Waals surface area contributed by atoms with Gasteiger partial charge in [-0.1, -0.05) is 28.1 Å². The quantitative estimate of drug-likeness (QED) is 0.566. The summed E-state index contributed by atoms with van der Waals surface area (Å²) in [6.07, 6.45) is 2.12. The summed E-state index contributed by atoms with van der Waals surface area (Å²) in [7, 11) is -3.27. The van der Waals surface area contributed by atoms with Gasteiger partial charge in [0.05, 0.1) is 26.9 Å². The van der Waals surface area contributed by atoms with Gasteiger partial charge in [-0.05, 0) is 55.8 Å². The van der Waals surface area contributed by atoms with Crippen LogP contribution in [0.15, 0.2) is 57.9 Å². The van der Waals surface area contributed by atoms with Crippen LogP contribution in [0.2, 0.25) is 0 Å². The molecule has 0 bridgehead atoms. The molecule has 7 heteroatoms. The molecule has 1 fully saturated rings. The number of thiazole rings is 1. The zero-order chi connectivity index (χ0) is 18.1. The molecule has 1 atom stereocenters. The molecule has 26 heavy (non-hydrogen) atoms. The van der Waals surface area contributed by atoms with Crippen molar-refractivity contribution in [1.29, 1.82) is 0 Å². The zero-order valence-electron chi connectivity index (χ0n) is 14.1. The van der Waals surface area contributed by atoms with Crippen molar-refractivity contribution in [3.05, 3.63) is 58.0 Å². The van der Waals surface area contributed by atoms with Crippen molar-refractivity contribution < 1.29 is 8.42 Å². The van der Waals surface area contributed by atoms with Gasteiger partial charge in [0.15, 0.2) is 9.84 Å². The van der Waals surface area contributed by atoms with Crippen molar-refractivity contribution in [2.45, 2.75) is 23.8 Å². The topological polar surface area (TPSA) is 50.3 Å². The second kappa shape index (κ2) is 7.38. The average molecular weight is 451 g/mol. The van der Waals surface area contributed by atoms with Gasteiger partial charge in [-0.25, -0.2) is 13.4 Å². The fraction of sp³-hybridized carbons (Fsp3) is 0.316. The van der Waals surface area contributed by atoms with Crippen LogP contribution in [0, 0.1) is 0 Å². The van der Waals surface area contributed by atoms with Gasteiger partial charge in [-0.3, -0.25) is 4.90 Å². The van der Waals surface area contributed by atoms with E-state index in [2.05, 4.69) is 26.9 Å². The Kier molecular flexibility index (Phi) is 5.14. The summed E-state index contributed by atoms with van der Waals surface area (Å²) in [5, 5.41) is 1.10. The summed E-state index contributed by atoms with van der Waals surface area (Å²) in [5.74, 6) is 0.135. The molecule has 0 spiro atoms. The van der Waals surface area contributed by atoms with Gasteiger partial charge >= 0.3 is 0 Å². The molecule has 0 saturated carbocycles. The predicted molar refractivity (Wildman–Crippen MR) is 109 cm³/mol. The maximum atomic E-state index is 12.6. The van der Waals surface area contributed by atoms with Crippen LogP contribution < -0.4 is 0 Å². The minimum Gasteiger partial charge on any atom is -0.293 e. The number of hydrogen-bond donors (Lipinski definition) is 0. The number of rotatable bonds is 5. The number of nitrogens with zero attached hydrogens (tertiary/aromatic N) is 2. The minimum atomic E-state index is -3.27. The van der Waals surface area contributed by atoms with Crippen molar-refractivity contribution in [3.63, 3.8) is 0 Å². The molecule has 4 nitrogen and oxygen atoms in total. The number of fused-ring (bicyclic) bond motifs is 1. The van der Waals surface area contributed by atoms with E-state index in [1.807, 2.05) is 18.2 Å². The van der Waals surface area contributed by atoms with E-state index in [0.717, 1.165) is 34.4 Å². The number of para-hydroxylation sites is 1. The Balaban J connectivity index is 1.49. The van der Waals surface area contributed by atoms with Crippen LogP contribution in [-0.2, 0) is 9.84 Å². The number of benzene rings is 2. The molecule has 1 aromatic heterocycles. The van der Waals surface area contributed by atoms with Crippen LogP contribution in [0.25, 0.3) is 10.2 Å². The summed E-state index contributed by atoms with van der Waals surface area (Å²) in [5.41, 5.74) is 1.03. The number of aromatic nitrogens is 1.